The molecular weight excluding hydrogens is 382 g/mol. The van der Waals surface area contributed by atoms with Crippen LogP contribution in [0.4, 0.5) is 0 Å². The molecule has 0 atom stereocenters. The lowest BCUT2D eigenvalue weighted by Crippen LogP contribution is -2.28. The first-order chi connectivity index (χ1) is 14.7. The molecule has 1 aromatic carbocycles. The first kappa shape index (κ1) is 20.1. The van der Waals surface area contributed by atoms with Crippen molar-refractivity contribution in [2.75, 3.05) is 6.61 Å². The Morgan fingerprint density at radius 2 is 1.97 bits per heavy atom. The summed E-state index contributed by atoms with van der Waals surface area (Å²) >= 11 is 0. The topological polar surface area (TPSA) is 94.8 Å². The van der Waals surface area contributed by atoms with Crippen LogP contribution in [0.25, 0.3) is 0 Å². The quantitative estimate of drug-likeness (QED) is 0.554. The van der Waals surface area contributed by atoms with Crippen LogP contribution in [0, 0.1) is 5.92 Å². The van der Waals surface area contributed by atoms with Crippen molar-refractivity contribution in [2.45, 2.75) is 51.6 Å². The van der Waals surface area contributed by atoms with Crippen molar-refractivity contribution >= 4 is 0 Å². The molecule has 0 bridgehead atoms. The molecule has 1 fully saturated rings. The predicted octanol–water partition coefficient (Wildman–Crippen LogP) is 2.18. The van der Waals surface area contributed by atoms with Crippen LogP contribution in [0.3, 0.4) is 0 Å². The Bertz CT molecular complexity index is 1080. The van der Waals surface area contributed by atoms with E-state index in [9.17, 15) is 9.59 Å². The van der Waals surface area contributed by atoms with Crippen molar-refractivity contribution in [1.82, 2.24) is 24.5 Å². The zero-order chi connectivity index (χ0) is 20.8. The minimum Gasteiger partial charge on any atom is -0.493 e. The maximum Gasteiger partial charge on any atom is 0.328 e. The van der Waals surface area contributed by atoms with Crippen molar-refractivity contribution in [1.29, 1.82) is 0 Å². The lowest BCUT2D eigenvalue weighted by atomic mass is 9.86. The summed E-state index contributed by atoms with van der Waals surface area (Å²) in [5, 5.41) is 8.28. The van der Waals surface area contributed by atoms with Crippen molar-refractivity contribution in [3.05, 3.63) is 74.8 Å². The van der Waals surface area contributed by atoms with E-state index in [0.717, 1.165) is 43.9 Å². The van der Waals surface area contributed by atoms with E-state index in [1.807, 2.05) is 22.9 Å². The first-order valence-corrected chi connectivity index (χ1v) is 10.6. The van der Waals surface area contributed by atoms with E-state index in [2.05, 4.69) is 21.4 Å². The molecule has 0 radical (unpaired) electrons. The van der Waals surface area contributed by atoms with Crippen LogP contribution in [-0.2, 0) is 25.9 Å². The molecule has 8 heteroatoms. The molecule has 2 aromatic heterocycles. The largest absolute Gasteiger partial charge is 0.493 e. The molecule has 0 saturated heterocycles. The molecule has 1 saturated carbocycles. The number of nitrogens with zero attached hydrogens (tertiary/aromatic N) is 4. The average Bonchev–Trinajstić information content (AvgIpc) is 3.15. The van der Waals surface area contributed by atoms with Gasteiger partial charge in [-0.05, 0) is 49.7 Å². The van der Waals surface area contributed by atoms with Gasteiger partial charge in [0, 0.05) is 25.4 Å². The third-order valence-electron chi connectivity index (χ3n) is 5.69. The van der Waals surface area contributed by atoms with Crippen LogP contribution < -0.4 is 16.0 Å². The Hall–Kier alpha value is -3.16. The highest BCUT2D eigenvalue weighted by Crippen LogP contribution is 2.28. The standard InChI is InChI=1S/C22H27N5O3/c28-21-11-13-26(22(29)24-21)12-4-8-19-15-23-25-27(19)14-10-18-7-1-2-9-20(18)30-16-17-5-3-6-17/h1-2,7,9,11,13,15,17H,3-6,8,10,12,14,16H2,(H,24,28,29). The number of para-hydroxylation sites is 1. The van der Waals surface area contributed by atoms with Crippen LogP contribution in [0.1, 0.15) is 36.9 Å². The van der Waals surface area contributed by atoms with E-state index < -0.39 is 0 Å². The van der Waals surface area contributed by atoms with E-state index >= 15 is 0 Å². The zero-order valence-electron chi connectivity index (χ0n) is 17.0. The average molecular weight is 409 g/mol. The van der Waals surface area contributed by atoms with Crippen LogP contribution in [0.5, 0.6) is 5.75 Å². The van der Waals surface area contributed by atoms with Crippen LogP contribution in [0.2, 0.25) is 0 Å². The van der Waals surface area contributed by atoms with Gasteiger partial charge < -0.3 is 9.30 Å². The summed E-state index contributed by atoms with van der Waals surface area (Å²) in [4.78, 5) is 25.2. The highest BCUT2D eigenvalue weighted by molar-refractivity contribution is 5.33. The minimum atomic E-state index is -0.382. The lowest BCUT2D eigenvalue weighted by Gasteiger charge is -2.25. The van der Waals surface area contributed by atoms with Gasteiger partial charge in [-0.1, -0.05) is 29.8 Å². The van der Waals surface area contributed by atoms with Gasteiger partial charge in [-0.15, -0.1) is 5.10 Å². The third kappa shape index (κ3) is 5.06. The number of aromatic nitrogens is 5. The zero-order valence-corrected chi connectivity index (χ0v) is 17.0. The van der Waals surface area contributed by atoms with Gasteiger partial charge in [-0.25, -0.2) is 9.48 Å². The number of nitrogens with one attached hydrogen (secondary N) is 1. The molecule has 30 heavy (non-hydrogen) atoms. The summed E-state index contributed by atoms with van der Waals surface area (Å²) < 4.78 is 9.49. The highest BCUT2D eigenvalue weighted by Gasteiger charge is 2.18. The number of benzene rings is 1. The van der Waals surface area contributed by atoms with Crippen molar-refractivity contribution in [3.63, 3.8) is 0 Å². The number of aromatic amines is 1. The third-order valence-corrected chi connectivity index (χ3v) is 5.69. The van der Waals surface area contributed by atoms with Crippen LogP contribution in [0.15, 0.2) is 52.3 Å². The van der Waals surface area contributed by atoms with Gasteiger partial charge in [0.05, 0.1) is 18.5 Å². The van der Waals surface area contributed by atoms with E-state index in [1.165, 1.54) is 41.7 Å². The van der Waals surface area contributed by atoms with E-state index in [4.69, 9.17) is 4.74 Å². The molecule has 0 aliphatic heterocycles. The fraction of sp³-hybridized carbons (Fsp3) is 0.455. The molecule has 1 aliphatic rings. The van der Waals surface area contributed by atoms with Crippen molar-refractivity contribution in [3.8, 4) is 5.75 Å². The molecule has 3 aromatic rings. The van der Waals surface area contributed by atoms with Gasteiger partial charge in [0.25, 0.3) is 5.56 Å². The second kappa shape index (κ2) is 9.56. The van der Waals surface area contributed by atoms with E-state index in [0.29, 0.717) is 12.5 Å². The summed E-state index contributed by atoms with van der Waals surface area (Å²) in [6, 6.07) is 9.56. The summed E-state index contributed by atoms with van der Waals surface area (Å²) in [5.74, 6) is 1.67. The predicted molar refractivity (Wildman–Crippen MR) is 113 cm³/mol. The van der Waals surface area contributed by atoms with Gasteiger partial charge in [-0.2, -0.15) is 0 Å². The van der Waals surface area contributed by atoms with Gasteiger partial charge in [0.15, 0.2) is 0 Å². The number of rotatable bonds is 10. The highest BCUT2D eigenvalue weighted by atomic mass is 16.5. The molecule has 1 N–H and O–H groups in total. The normalized spacial score (nSPS) is 13.9. The van der Waals surface area contributed by atoms with Crippen molar-refractivity contribution < 1.29 is 4.74 Å². The Morgan fingerprint density at radius 1 is 1.10 bits per heavy atom. The lowest BCUT2D eigenvalue weighted by molar-refractivity contribution is 0.179. The number of H-pyrrole nitrogens is 1. The Labute approximate surface area is 174 Å². The first-order valence-electron chi connectivity index (χ1n) is 10.6. The van der Waals surface area contributed by atoms with Crippen LogP contribution >= 0.6 is 0 Å². The maximum atomic E-state index is 11.8. The van der Waals surface area contributed by atoms with Gasteiger partial charge >= 0.3 is 5.69 Å². The minimum absolute atomic E-state index is 0.379. The maximum absolute atomic E-state index is 11.8. The number of hydrogen-bond donors (Lipinski definition) is 1. The van der Waals surface area contributed by atoms with Gasteiger partial charge in [0.2, 0.25) is 0 Å². The second-order valence-corrected chi connectivity index (χ2v) is 7.82. The molecule has 0 amide bonds. The van der Waals surface area contributed by atoms with Crippen molar-refractivity contribution in [2.24, 2.45) is 5.92 Å². The molecular formula is C22H27N5O3. The molecule has 158 valence electrons. The monoisotopic (exact) mass is 409 g/mol. The molecule has 8 nitrogen and oxygen atoms in total. The number of ether oxygens (including phenoxy) is 1. The Balaban J connectivity index is 1.31. The SMILES string of the molecule is O=c1ccn(CCCc2cnnn2CCc2ccccc2OCC2CCC2)c(=O)[nH]1. The summed E-state index contributed by atoms with van der Waals surface area (Å²) in [5.41, 5.74) is 1.45. The van der Waals surface area contributed by atoms with Gasteiger partial charge in [-0.3, -0.25) is 9.78 Å². The summed E-state index contributed by atoms with van der Waals surface area (Å²) in [7, 11) is 0. The molecule has 0 unspecified atom stereocenters. The smallest absolute Gasteiger partial charge is 0.328 e. The summed E-state index contributed by atoms with van der Waals surface area (Å²) in [6.45, 7) is 2.05. The molecule has 1 aliphatic carbocycles. The van der Waals surface area contributed by atoms with Gasteiger partial charge in [0.1, 0.15) is 5.75 Å². The molecule has 0 spiro atoms. The fourth-order valence-electron chi connectivity index (χ4n) is 3.66. The second-order valence-electron chi connectivity index (χ2n) is 7.82. The van der Waals surface area contributed by atoms with E-state index in [-0.39, 0.29) is 11.2 Å². The van der Waals surface area contributed by atoms with Crippen LogP contribution in [-0.4, -0.2) is 31.2 Å². The Morgan fingerprint density at radius 3 is 2.77 bits per heavy atom. The summed E-state index contributed by atoms with van der Waals surface area (Å²) in [6.07, 6.45) is 9.48. The number of aryl methyl sites for hydroxylation is 4. The fourth-order valence-corrected chi connectivity index (χ4v) is 3.66. The molecule has 2 heterocycles. The van der Waals surface area contributed by atoms with E-state index in [1.54, 1.807) is 6.20 Å². The Kier molecular flexibility index (Phi) is 6.41. The molecule has 4 rings (SSSR count). The number of hydrogen-bond acceptors (Lipinski definition) is 5.